The zero-order valence-corrected chi connectivity index (χ0v) is 9.48. The first kappa shape index (κ1) is 10.9. The van der Waals surface area contributed by atoms with Crippen LogP contribution in [0.4, 0.5) is 5.82 Å². The molecular formula is C12H16N4. The van der Waals surface area contributed by atoms with Crippen LogP contribution < -0.4 is 10.6 Å². The number of hydrogen-bond acceptors (Lipinski definition) is 4. The molecule has 0 aromatic carbocycles. The summed E-state index contributed by atoms with van der Waals surface area (Å²) in [7, 11) is 0. The van der Waals surface area contributed by atoms with E-state index >= 15 is 0 Å². The van der Waals surface area contributed by atoms with Gasteiger partial charge in [-0.3, -0.25) is 0 Å². The Morgan fingerprint density at radius 2 is 2.38 bits per heavy atom. The van der Waals surface area contributed by atoms with Crippen LogP contribution in [0.1, 0.15) is 24.1 Å². The van der Waals surface area contributed by atoms with Crippen LogP contribution in [0.15, 0.2) is 12.1 Å². The highest BCUT2D eigenvalue weighted by molar-refractivity contribution is 5.47. The molecule has 0 saturated carbocycles. The number of aromatic nitrogens is 1. The molecule has 0 amide bonds. The minimum atomic E-state index is 0.224. The number of nitrogens with zero attached hydrogens (tertiary/aromatic N) is 3. The van der Waals surface area contributed by atoms with E-state index in [9.17, 15) is 0 Å². The molecular weight excluding hydrogens is 200 g/mol. The van der Waals surface area contributed by atoms with Crippen LogP contribution in [0.25, 0.3) is 0 Å². The zero-order valence-electron chi connectivity index (χ0n) is 9.48. The van der Waals surface area contributed by atoms with Crippen molar-refractivity contribution < 1.29 is 0 Å². The molecule has 0 radical (unpaired) electrons. The highest BCUT2D eigenvalue weighted by Gasteiger charge is 2.18. The first-order valence-corrected chi connectivity index (χ1v) is 5.58. The van der Waals surface area contributed by atoms with Crippen LogP contribution >= 0.6 is 0 Å². The third kappa shape index (κ3) is 2.31. The fourth-order valence-corrected chi connectivity index (χ4v) is 2.10. The molecule has 0 bridgehead atoms. The van der Waals surface area contributed by atoms with Crippen molar-refractivity contribution in [2.45, 2.75) is 25.8 Å². The van der Waals surface area contributed by atoms with Gasteiger partial charge in [0, 0.05) is 24.8 Å². The molecule has 2 N–H and O–H groups in total. The second-order valence-electron chi connectivity index (χ2n) is 4.32. The van der Waals surface area contributed by atoms with Gasteiger partial charge < -0.3 is 10.6 Å². The molecule has 1 saturated heterocycles. The number of nitriles is 1. The van der Waals surface area contributed by atoms with Crippen LogP contribution in [-0.2, 0) is 0 Å². The SMILES string of the molecule is Cc1cc(C#N)cc(N2CCCC(N)C2)n1. The average molecular weight is 216 g/mol. The maximum Gasteiger partial charge on any atom is 0.130 e. The Balaban J connectivity index is 2.26. The van der Waals surface area contributed by atoms with Gasteiger partial charge in [-0.1, -0.05) is 0 Å². The van der Waals surface area contributed by atoms with Gasteiger partial charge in [-0.05, 0) is 31.9 Å². The molecule has 16 heavy (non-hydrogen) atoms. The second kappa shape index (κ2) is 4.50. The normalized spacial score (nSPS) is 20.6. The van der Waals surface area contributed by atoms with Crippen LogP contribution in [0.3, 0.4) is 0 Å². The summed E-state index contributed by atoms with van der Waals surface area (Å²) < 4.78 is 0. The predicted octanol–water partition coefficient (Wildman–Crippen LogP) is 1.19. The predicted molar refractivity (Wildman–Crippen MR) is 63.1 cm³/mol. The van der Waals surface area contributed by atoms with E-state index in [4.69, 9.17) is 11.0 Å². The summed E-state index contributed by atoms with van der Waals surface area (Å²) in [5, 5.41) is 8.92. The monoisotopic (exact) mass is 216 g/mol. The average Bonchev–Trinajstić information content (AvgIpc) is 2.28. The van der Waals surface area contributed by atoms with Gasteiger partial charge in [0.15, 0.2) is 0 Å². The summed E-state index contributed by atoms with van der Waals surface area (Å²) in [6.45, 7) is 3.73. The van der Waals surface area contributed by atoms with Gasteiger partial charge in [0.05, 0.1) is 11.6 Å². The Morgan fingerprint density at radius 3 is 3.06 bits per heavy atom. The largest absolute Gasteiger partial charge is 0.355 e. The minimum Gasteiger partial charge on any atom is -0.355 e. The van der Waals surface area contributed by atoms with Crippen molar-refractivity contribution in [1.29, 1.82) is 5.26 Å². The van der Waals surface area contributed by atoms with Crippen LogP contribution in [-0.4, -0.2) is 24.1 Å². The summed E-state index contributed by atoms with van der Waals surface area (Å²) in [5.41, 5.74) is 7.49. The molecule has 0 aliphatic carbocycles. The van der Waals surface area contributed by atoms with E-state index in [1.807, 2.05) is 13.0 Å². The first-order chi connectivity index (χ1) is 7.69. The number of hydrogen-bond donors (Lipinski definition) is 1. The van der Waals surface area contributed by atoms with Gasteiger partial charge in [-0.2, -0.15) is 5.26 Å². The van der Waals surface area contributed by atoms with Gasteiger partial charge in [-0.25, -0.2) is 4.98 Å². The molecule has 1 aliphatic heterocycles. The Morgan fingerprint density at radius 1 is 1.56 bits per heavy atom. The molecule has 1 atom stereocenters. The quantitative estimate of drug-likeness (QED) is 0.765. The number of anilines is 1. The Hall–Kier alpha value is -1.60. The summed E-state index contributed by atoms with van der Waals surface area (Å²) in [5.74, 6) is 0.881. The molecule has 2 heterocycles. The van der Waals surface area contributed by atoms with E-state index in [2.05, 4.69) is 16.0 Å². The van der Waals surface area contributed by atoms with Gasteiger partial charge in [0.2, 0.25) is 0 Å². The fraction of sp³-hybridized carbons (Fsp3) is 0.500. The van der Waals surface area contributed by atoms with Gasteiger partial charge in [0.1, 0.15) is 5.82 Å². The molecule has 1 aromatic heterocycles. The van der Waals surface area contributed by atoms with Gasteiger partial charge in [-0.15, -0.1) is 0 Å². The smallest absolute Gasteiger partial charge is 0.130 e. The lowest BCUT2D eigenvalue weighted by Gasteiger charge is -2.31. The molecule has 1 unspecified atom stereocenters. The van der Waals surface area contributed by atoms with Crippen molar-refractivity contribution >= 4 is 5.82 Å². The van der Waals surface area contributed by atoms with Crippen molar-refractivity contribution in [3.63, 3.8) is 0 Å². The van der Waals surface area contributed by atoms with E-state index in [0.717, 1.165) is 37.4 Å². The van der Waals surface area contributed by atoms with Gasteiger partial charge in [0.25, 0.3) is 0 Å². The van der Waals surface area contributed by atoms with E-state index in [-0.39, 0.29) is 6.04 Å². The highest BCUT2D eigenvalue weighted by atomic mass is 15.2. The van der Waals surface area contributed by atoms with Crippen molar-refractivity contribution in [2.75, 3.05) is 18.0 Å². The summed E-state index contributed by atoms with van der Waals surface area (Å²) in [6, 6.07) is 6.02. The molecule has 0 spiro atoms. The van der Waals surface area contributed by atoms with Crippen LogP contribution in [0.2, 0.25) is 0 Å². The van der Waals surface area contributed by atoms with Crippen LogP contribution in [0, 0.1) is 18.3 Å². The minimum absolute atomic E-state index is 0.224. The van der Waals surface area contributed by atoms with Crippen molar-refractivity contribution in [3.05, 3.63) is 23.4 Å². The Bertz CT molecular complexity index is 422. The maximum atomic E-state index is 8.92. The van der Waals surface area contributed by atoms with Crippen molar-refractivity contribution in [2.24, 2.45) is 5.73 Å². The molecule has 84 valence electrons. The molecule has 2 rings (SSSR count). The lowest BCUT2D eigenvalue weighted by Crippen LogP contribution is -2.43. The lowest BCUT2D eigenvalue weighted by atomic mass is 10.1. The van der Waals surface area contributed by atoms with E-state index in [0.29, 0.717) is 5.56 Å². The van der Waals surface area contributed by atoms with E-state index in [1.165, 1.54) is 0 Å². The Labute approximate surface area is 95.7 Å². The summed E-state index contributed by atoms with van der Waals surface area (Å²) >= 11 is 0. The Kier molecular flexibility index (Phi) is 3.07. The molecule has 1 aliphatic rings. The second-order valence-corrected chi connectivity index (χ2v) is 4.32. The van der Waals surface area contributed by atoms with E-state index in [1.54, 1.807) is 6.07 Å². The number of rotatable bonds is 1. The number of piperidine rings is 1. The molecule has 4 heteroatoms. The molecule has 1 aromatic rings. The van der Waals surface area contributed by atoms with Crippen LogP contribution in [0.5, 0.6) is 0 Å². The number of nitrogens with two attached hydrogens (primary N) is 1. The third-order valence-electron chi connectivity index (χ3n) is 2.85. The van der Waals surface area contributed by atoms with E-state index < -0.39 is 0 Å². The zero-order chi connectivity index (χ0) is 11.5. The summed E-state index contributed by atoms with van der Waals surface area (Å²) in [6.07, 6.45) is 2.17. The maximum absolute atomic E-state index is 8.92. The number of pyridine rings is 1. The van der Waals surface area contributed by atoms with Crippen molar-refractivity contribution in [1.82, 2.24) is 4.98 Å². The lowest BCUT2D eigenvalue weighted by molar-refractivity contribution is 0.503. The standard InChI is InChI=1S/C12H16N4/c1-9-5-10(7-13)6-12(15-9)16-4-2-3-11(14)8-16/h5-6,11H,2-4,8,14H2,1H3. The highest BCUT2D eigenvalue weighted by Crippen LogP contribution is 2.19. The topological polar surface area (TPSA) is 65.9 Å². The summed E-state index contributed by atoms with van der Waals surface area (Å²) in [4.78, 5) is 6.63. The third-order valence-corrected chi connectivity index (χ3v) is 2.85. The first-order valence-electron chi connectivity index (χ1n) is 5.58. The fourth-order valence-electron chi connectivity index (χ4n) is 2.10. The number of aryl methyl sites for hydroxylation is 1. The molecule has 1 fully saturated rings. The van der Waals surface area contributed by atoms with Crippen molar-refractivity contribution in [3.8, 4) is 6.07 Å². The molecule has 4 nitrogen and oxygen atoms in total. The van der Waals surface area contributed by atoms with Gasteiger partial charge >= 0.3 is 0 Å².